The number of ether oxygens (including phenoxy) is 2. The van der Waals surface area contributed by atoms with Crippen LogP contribution < -0.4 is 4.74 Å². The highest BCUT2D eigenvalue weighted by Crippen LogP contribution is 2.35. The van der Waals surface area contributed by atoms with E-state index < -0.39 is 5.82 Å². The van der Waals surface area contributed by atoms with E-state index in [-0.39, 0.29) is 17.8 Å². The quantitative estimate of drug-likeness (QED) is 0.413. The maximum absolute atomic E-state index is 14.5. The number of carbonyl (C=O) groups excluding carboxylic acids is 1. The van der Waals surface area contributed by atoms with E-state index in [1.54, 1.807) is 10.9 Å². The molecule has 204 valence electrons. The molecule has 1 fully saturated rings. The summed E-state index contributed by atoms with van der Waals surface area (Å²) >= 11 is 0. The minimum Gasteiger partial charge on any atom is -0.479 e. The smallest absolute Gasteiger partial charge is 0.250 e. The summed E-state index contributed by atoms with van der Waals surface area (Å²) in [6.07, 6.45) is 11.7. The number of amides is 1. The molecule has 0 radical (unpaired) electrons. The number of likely N-dealkylation sites (tertiary alicyclic amines) is 1. The van der Waals surface area contributed by atoms with Gasteiger partial charge in [0.15, 0.2) is 5.82 Å². The summed E-state index contributed by atoms with van der Waals surface area (Å²) in [6.45, 7) is 6.92. The first-order valence-corrected chi connectivity index (χ1v) is 13.7. The first-order valence-electron chi connectivity index (χ1n) is 13.7. The number of unbranched alkanes of at least 4 members (excludes halogenated alkanes) is 1. The topological polar surface area (TPSA) is 87.3 Å². The van der Waals surface area contributed by atoms with Gasteiger partial charge in [0.1, 0.15) is 0 Å². The van der Waals surface area contributed by atoms with Crippen LogP contribution in [-0.2, 0) is 22.4 Å². The van der Waals surface area contributed by atoms with Crippen molar-refractivity contribution < 1.29 is 18.7 Å². The number of hydrogen-bond donors (Lipinski definition) is 0. The molecule has 2 atom stereocenters. The fraction of sp³-hybridized carbons (Fsp3) is 0.571. The van der Waals surface area contributed by atoms with E-state index in [4.69, 9.17) is 19.7 Å². The van der Waals surface area contributed by atoms with E-state index in [0.717, 1.165) is 67.7 Å². The highest BCUT2D eigenvalue weighted by molar-refractivity contribution is 5.76. The zero-order valence-electron chi connectivity index (χ0n) is 22.5. The first kappa shape index (κ1) is 26.3. The van der Waals surface area contributed by atoms with Crippen molar-refractivity contribution in [1.82, 2.24) is 29.4 Å². The predicted molar refractivity (Wildman–Crippen MR) is 141 cm³/mol. The Hall–Kier alpha value is -3.27. The molecule has 5 heterocycles. The van der Waals surface area contributed by atoms with Gasteiger partial charge in [0, 0.05) is 55.2 Å². The van der Waals surface area contributed by atoms with Crippen LogP contribution in [0.5, 0.6) is 5.88 Å². The molecule has 1 unspecified atom stereocenters. The van der Waals surface area contributed by atoms with Gasteiger partial charge in [0.25, 0.3) is 0 Å². The molecular weight excluding hydrogens is 487 g/mol. The molecule has 0 saturated carbocycles. The molecule has 0 aliphatic carbocycles. The zero-order valence-corrected chi connectivity index (χ0v) is 22.5. The highest BCUT2D eigenvalue weighted by Gasteiger charge is 2.33. The molecule has 38 heavy (non-hydrogen) atoms. The number of nitrogens with zero attached hydrogens (tertiary/aromatic N) is 6. The van der Waals surface area contributed by atoms with Crippen LogP contribution in [0.15, 0.2) is 24.7 Å². The van der Waals surface area contributed by atoms with E-state index in [0.29, 0.717) is 37.7 Å². The lowest BCUT2D eigenvalue weighted by Gasteiger charge is -2.24. The Kier molecular flexibility index (Phi) is 8.06. The molecule has 10 heteroatoms. The Balaban J connectivity index is 1.49. The molecule has 0 N–H and O–H groups in total. The van der Waals surface area contributed by atoms with E-state index in [1.165, 1.54) is 13.2 Å². The summed E-state index contributed by atoms with van der Waals surface area (Å²) < 4.78 is 29.2. The van der Waals surface area contributed by atoms with Gasteiger partial charge in [-0.15, -0.1) is 0 Å². The van der Waals surface area contributed by atoms with Gasteiger partial charge in [-0.1, -0.05) is 26.7 Å². The van der Waals surface area contributed by atoms with Crippen LogP contribution in [0.2, 0.25) is 0 Å². The van der Waals surface area contributed by atoms with Crippen molar-refractivity contribution in [2.75, 3.05) is 33.4 Å². The predicted octanol–water partition coefficient (Wildman–Crippen LogP) is 4.38. The molecule has 3 aromatic rings. The van der Waals surface area contributed by atoms with Crippen LogP contribution in [0.4, 0.5) is 4.39 Å². The van der Waals surface area contributed by atoms with Gasteiger partial charge in [0.05, 0.1) is 55.8 Å². The molecule has 5 rings (SSSR count). The lowest BCUT2D eigenvalue weighted by Crippen LogP contribution is -2.29. The number of methoxy groups -OCH3 is 1. The van der Waals surface area contributed by atoms with E-state index >= 15 is 0 Å². The Bertz CT molecular complexity index is 1270. The van der Waals surface area contributed by atoms with Crippen LogP contribution in [0.3, 0.4) is 0 Å². The lowest BCUT2D eigenvalue weighted by molar-refractivity contribution is -0.130. The van der Waals surface area contributed by atoms with Gasteiger partial charge < -0.3 is 14.4 Å². The summed E-state index contributed by atoms with van der Waals surface area (Å²) in [7, 11) is 1.40. The van der Waals surface area contributed by atoms with Gasteiger partial charge in [-0.2, -0.15) is 10.2 Å². The normalized spacial score (nSPS) is 18.3. The fourth-order valence-electron chi connectivity index (χ4n) is 5.77. The summed E-state index contributed by atoms with van der Waals surface area (Å²) in [5.41, 5.74) is 4.43. The van der Waals surface area contributed by atoms with Gasteiger partial charge in [-0.05, 0) is 19.3 Å². The van der Waals surface area contributed by atoms with Crippen molar-refractivity contribution in [2.45, 2.75) is 64.8 Å². The Labute approximate surface area is 222 Å². The Morgan fingerprint density at radius 2 is 2.11 bits per heavy atom. The SMILES string of the molecule is CCCCC([C@@H]1CCN(C(=O)CC)C1)n1cc(-c2nn(-c3cnc(OC)c(F)c3)c3c2CCOCC3)cn1. The summed E-state index contributed by atoms with van der Waals surface area (Å²) in [4.78, 5) is 18.4. The van der Waals surface area contributed by atoms with Gasteiger partial charge in [0.2, 0.25) is 11.8 Å². The second-order valence-electron chi connectivity index (χ2n) is 10.1. The number of rotatable bonds is 9. The van der Waals surface area contributed by atoms with Crippen LogP contribution in [-0.4, -0.2) is 68.8 Å². The molecule has 9 nitrogen and oxygen atoms in total. The van der Waals surface area contributed by atoms with Crippen LogP contribution in [0, 0.1) is 11.7 Å². The van der Waals surface area contributed by atoms with Crippen LogP contribution in [0.25, 0.3) is 16.9 Å². The Morgan fingerprint density at radius 3 is 2.87 bits per heavy atom. The van der Waals surface area contributed by atoms with Crippen molar-refractivity contribution in [2.24, 2.45) is 5.92 Å². The van der Waals surface area contributed by atoms with Crippen molar-refractivity contribution in [3.63, 3.8) is 0 Å². The standard InChI is InChI=1S/C28H37FN6O3/c1-4-6-7-24(19-8-11-33(17-19)26(36)5-2)34-18-20(15-31-34)27-22-9-12-38-13-10-25(22)35(32-27)21-14-23(29)28(37-3)30-16-21/h14-16,18-19,24H,4-13,17H2,1-3H3/t19-,24?/m1/s1. The second kappa shape index (κ2) is 11.6. The average molecular weight is 525 g/mol. The molecule has 0 aromatic carbocycles. The van der Waals surface area contributed by atoms with E-state index in [2.05, 4.69) is 22.8 Å². The molecular formula is C28H37FN6O3. The third-order valence-electron chi connectivity index (χ3n) is 7.79. The Morgan fingerprint density at radius 1 is 1.26 bits per heavy atom. The van der Waals surface area contributed by atoms with Gasteiger partial charge in [-0.3, -0.25) is 9.48 Å². The first-order chi connectivity index (χ1) is 18.5. The number of carbonyl (C=O) groups is 1. The maximum atomic E-state index is 14.5. The summed E-state index contributed by atoms with van der Waals surface area (Å²) in [5.74, 6) is 0.0320. The molecule has 2 aliphatic heterocycles. The average Bonchev–Trinajstić information content (AvgIpc) is 3.65. The van der Waals surface area contributed by atoms with E-state index in [9.17, 15) is 9.18 Å². The van der Waals surface area contributed by atoms with Crippen LogP contribution in [0.1, 0.15) is 63.3 Å². The highest BCUT2D eigenvalue weighted by atomic mass is 19.1. The summed E-state index contributed by atoms with van der Waals surface area (Å²) in [5, 5.41) is 9.77. The third-order valence-corrected chi connectivity index (χ3v) is 7.79. The number of hydrogen-bond acceptors (Lipinski definition) is 6. The molecule has 1 saturated heterocycles. The molecule has 2 aliphatic rings. The maximum Gasteiger partial charge on any atom is 0.250 e. The third kappa shape index (κ3) is 5.18. The van der Waals surface area contributed by atoms with E-state index in [1.807, 2.05) is 18.0 Å². The number of halogens is 1. The lowest BCUT2D eigenvalue weighted by atomic mass is 9.94. The molecule has 1 amide bonds. The van der Waals surface area contributed by atoms with Crippen molar-refractivity contribution in [1.29, 1.82) is 0 Å². The van der Waals surface area contributed by atoms with Gasteiger partial charge in [-0.25, -0.2) is 14.1 Å². The van der Waals surface area contributed by atoms with Gasteiger partial charge >= 0.3 is 0 Å². The largest absolute Gasteiger partial charge is 0.479 e. The number of pyridine rings is 1. The number of fused-ring (bicyclic) bond motifs is 1. The minimum atomic E-state index is -0.528. The molecule has 0 bridgehead atoms. The summed E-state index contributed by atoms with van der Waals surface area (Å²) in [6, 6.07) is 1.63. The second-order valence-corrected chi connectivity index (χ2v) is 10.1. The van der Waals surface area contributed by atoms with Crippen molar-refractivity contribution in [3.05, 3.63) is 41.7 Å². The fourth-order valence-corrected chi connectivity index (χ4v) is 5.77. The van der Waals surface area contributed by atoms with Crippen molar-refractivity contribution >= 4 is 5.91 Å². The van der Waals surface area contributed by atoms with Crippen molar-refractivity contribution in [3.8, 4) is 22.8 Å². The molecule has 0 spiro atoms. The van der Waals surface area contributed by atoms with Crippen LogP contribution >= 0.6 is 0 Å². The monoisotopic (exact) mass is 524 g/mol. The number of aromatic nitrogens is 5. The minimum absolute atomic E-state index is 0.0407. The zero-order chi connectivity index (χ0) is 26.6. The molecule has 3 aromatic heterocycles.